The maximum absolute atomic E-state index is 11.4. The molecule has 1 aromatic carbocycles. The van der Waals surface area contributed by atoms with E-state index in [-0.39, 0.29) is 12.5 Å². The highest BCUT2D eigenvalue weighted by molar-refractivity contribution is 7.09. The SMILES string of the molecule is CC(c1nncs1)C(O)(Cn1cncn1)c1ccccc1Cl. The molecule has 114 valence electrons. The highest BCUT2D eigenvalue weighted by atomic mass is 35.5. The van der Waals surface area contributed by atoms with Gasteiger partial charge in [0.25, 0.3) is 0 Å². The minimum Gasteiger partial charge on any atom is -0.382 e. The largest absolute Gasteiger partial charge is 0.382 e. The Kier molecular flexibility index (Phi) is 4.19. The van der Waals surface area contributed by atoms with Crippen LogP contribution in [0.1, 0.15) is 23.4 Å². The first-order valence-corrected chi connectivity index (χ1v) is 7.93. The molecule has 2 aromatic heterocycles. The first kappa shape index (κ1) is 15.1. The van der Waals surface area contributed by atoms with Gasteiger partial charge in [0.05, 0.1) is 6.54 Å². The van der Waals surface area contributed by atoms with E-state index in [1.54, 1.807) is 22.6 Å². The van der Waals surface area contributed by atoms with Crippen LogP contribution in [0.5, 0.6) is 0 Å². The summed E-state index contributed by atoms with van der Waals surface area (Å²) in [5, 5.41) is 24.7. The molecule has 0 radical (unpaired) electrons. The van der Waals surface area contributed by atoms with Crippen LogP contribution in [0.15, 0.2) is 42.4 Å². The molecular weight excluding hydrogens is 322 g/mol. The quantitative estimate of drug-likeness (QED) is 0.775. The summed E-state index contributed by atoms with van der Waals surface area (Å²) in [6.07, 6.45) is 3.00. The molecule has 0 amide bonds. The van der Waals surface area contributed by atoms with E-state index in [1.807, 2.05) is 25.1 Å². The number of halogens is 1. The van der Waals surface area contributed by atoms with Crippen molar-refractivity contribution < 1.29 is 5.11 Å². The molecule has 2 atom stereocenters. The lowest BCUT2D eigenvalue weighted by Crippen LogP contribution is -2.37. The molecule has 3 rings (SSSR count). The van der Waals surface area contributed by atoms with Gasteiger partial charge in [-0.1, -0.05) is 36.7 Å². The van der Waals surface area contributed by atoms with Crippen LogP contribution in [-0.4, -0.2) is 30.1 Å². The zero-order chi connectivity index (χ0) is 15.6. The Morgan fingerprint density at radius 1 is 1.41 bits per heavy atom. The highest BCUT2D eigenvalue weighted by Crippen LogP contribution is 2.41. The van der Waals surface area contributed by atoms with E-state index in [0.717, 1.165) is 5.01 Å². The molecule has 3 aromatic rings. The average Bonchev–Trinajstić information content (AvgIpc) is 3.20. The lowest BCUT2D eigenvalue weighted by molar-refractivity contribution is -0.00810. The summed E-state index contributed by atoms with van der Waals surface area (Å²) in [5.41, 5.74) is 1.01. The molecule has 0 aliphatic carbocycles. The smallest absolute Gasteiger partial charge is 0.137 e. The number of aliphatic hydroxyl groups is 1. The van der Waals surface area contributed by atoms with Crippen LogP contribution in [0.25, 0.3) is 0 Å². The van der Waals surface area contributed by atoms with Crippen molar-refractivity contribution in [3.8, 4) is 0 Å². The van der Waals surface area contributed by atoms with Crippen LogP contribution in [0, 0.1) is 0 Å². The molecule has 22 heavy (non-hydrogen) atoms. The van der Waals surface area contributed by atoms with Gasteiger partial charge < -0.3 is 5.11 Å². The van der Waals surface area contributed by atoms with Crippen molar-refractivity contribution in [3.63, 3.8) is 0 Å². The number of nitrogens with zero attached hydrogens (tertiary/aromatic N) is 5. The van der Waals surface area contributed by atoms with Crippen LogP contribution in [0.3, 0.4) is 0 Å². The van der Waals surface area contributed by atoms with E-state index in [4.69, 9.17) is 11.6 Å². The average molecular weight is 336 g/mol. The van der Waals surface area contributed by atoms with Gasteiger partial charge in [0, 0.05) is 16.5 Å². The van der Waals surface area contributed by atoms with Gasteiger partial charge >= 0.3 is 0 Å². The lowest BCUT2D eigenvalue weighted by atomic mass is 9.82. The summed E-state index contributed by atoms with van der Waals surface area (Å²) in [5.74, 6) is -0.302. The van der Waals surface area contributed by atoms with Crippen LogP contribution >= 0.6 is 22.9 Å². The molecule has 0 aliphatic rings. The molecule has 2 unspecified atom stereocenters. The summed E-state index contributed by atoms with van der Waals surface area (Å²) < 4.78 is 1.58. The topological polar surface area (TPSA) is 76.7 Å². The van der Waals surface area contributed by atoms with Crippen LogP contribution in [-0.2, 0) is 12.1 Å². The molecule has 8 heteroatoms. The number of hydrogen-bond donors (Lipinski definition) is 1. The van der Waals surface area contributed by atoms with Gasteiger partial charge in [-0.3, -0.25) is 0 Å². The third-order valence-corrected chi connectivity index (χ3v) is 4.88. The number of hydrogen-bond acceptors (Lipinski definition) is 6. The Bertz CT molecular complexity index is 734. The Morgan fingerprint density at radius 3 is 2.86 bits per heavy atom. The molecule has 0 saturated carbocycles. The predicted molar refractivity (Wildman–Crippen MR) is 83.7 cm³/mol. The van der Waals surface area contributed by atoms with Crippen molar-refractivity contribution in [2.45, 2.75) is 25.0 Å². The lowest BCUT2D eigenvalue weighted by Gasteiger charge is -2.33. The third kappa shape index (κ3) is 2.75. The van der Waals surface area contributed by atoms with E-state index < -0.39 is 5.60 Å². The second kappa shape index (κ2) is 6.12. The van der Waals surface area contributed by atoms with Gasteiger partial charge in [-0.05, 0) is 6.07 Å². The zero-order valence-electron chi connectivity index (χ0n) is 11.8. The zero-order valence-corrected chi connectivity index (χ0v) is 13.4. The Hall–Kier alpha value is -1.83. The summed E-state index contributed by atoms with van der Waals surface area (Å²) in [4.78, 5) is 3.93. The van der Waals surface area contributed by atoms with Crippen LogP contribution in [0.2, 0.25) is 5.02 Å². The fraction of sp³-hybridized carbons (Fsp3) is 0.286. The van der Waals surface area contributed by atoms with E-state index in [2.05, 4.69) is 20.3 Å². The van der Waals surface area contributed by atoms with E-state index in [1.165, 1.54) is 17.7 Å². The van der Waals surface area contributed by atoms with Gasteiger partial charge in [0.2, 0.25) is 0 Å². The molecule has 6 nitrogen and oxygen atoms in total. The number of rotatable bonds is 5. The first-order valence-electron chi connectivity index (χ1n) is 6.67. The summed E-state index contributed by atoms with van der Waals surface area (Å²) in [6.45, 7) is 2.12. The fourth-order valence-electron chi connectivity index (χ4n) is 2.40. The van der Waals surface area contributed by atoms with Crippen LogP contribution in [0.4, 0.5) is 0 Å². The van der Waals surface area contributed by atoms with Gasteiger partial charge in [-0.15, -0.1) is 21.5 Å². The van der Waals surface area contributed by atoms with E-state index in [9.17, 15) is 5.11 Å². The molecule has 0 aliphatic heterocycles. The fourth-order valence-corrected chi connectivity index (χ4v) is 3.40. The normalized spacial score (nSPS) is 15.4. The molecule has 1 N–H and O–H groups in total. The predicted octanol–water partition coefficient (Wildman–Crippen LogP) is 2.47. The maximum Gasteiger partial charge on any atom is 0.137 e. The minimum atomic E-state index is -1.27. The summed E-state index contributed by atoms with van der Waals surface area (Å²) in [6, 6.07) is 7.25. The van der Waals surface area contributed by atoms with Crippen molar-refractivity contribution in [2.24, 2.45) is 0 Å². The standard InChI is InChI=1S/C14H14ClN5OS/c1-10(13-19-17-9-22-13)14(21,6-20-8-16-7-18-20)11-4-2-3-5-12(11)15/h2-5,7-10,21H,6H2,1H3. The minimum absolute atomic E-state index is 0.220. The summed E-state index contributed by atoms with van der Waals surface area (Å²) >= 11 is 7.72. The molecule has 2 heterocycles. The van der Waals surface area contributed by atoms with Crippen molar-refractivity contribution in [1.82, 2.24) is 25.0 Å². The maximum atomic E-state index is 11.4. The van der Waals surface area contributed by atoms with Crippen molar-refractivity contribution in [2.75, 3.05) is 0 Å². The van der Waals surface area contributed by atoms with Crippen molar-refractivity contribution in [1.29, 1.82) is 0 Å². The van der Waals surface area contributed by atoms with Crippen molar-refractivity contribution in [3.05, 3.63) is 58.0 Å². The monoisotopic (exact) mass is 335 g/mol. The molecule has 0 spiro atoms. The Balaban J connectivity index is 2.07. The molecular formula is C14H14ClN5OS. The number of aromatic nitrogens is 5. The highest BCUT2D eigenvalue weighted by Gasteiger charge is 2.40. The van der Waals surface area contributed by atoms with Gasteiger partial charge in [0.1, 0.15) is 28.8 Å². The summed E-state index contributed by atoms with van der Waals surface area (Å²) in [7, 11) is 0. The van der Waals surface area contributed by atoms with Gasteiger partial charge in [-0.2, -0.15) is 5.10 Å². The second-order valence-corrected chi connectivity index (χ2v) is 6.27. The molecule has 0 fully saturated rings. The second-order valence-electron chi connectivity index (χ2n) is 5.00. The van der Waals surface area contributed by atoms with E-state index >= 15 is 0 Å². The van der Waals surface area contributed by atoms with Crippen molar-refractivity contribution >= 4 is 22.9 Å². The number of benzene rings is 1. The third-order valence-electron chi connectivity index (χ3n) is 3.67. The molecule has 0 bridgehead atoms. The Morgan fingerprint density at radius 2 is 2.23 bits per heavy atom. The van der Waals surface area contributed by atoms with Gasteiger partial charge in [-0.25, -0.2) is 9.67 Å². The first-order chi connectivity index (χ1) is 10.6. The molecule has 0 saturated heterocycles. The van der Waals surface area contributed by atoms with Gasteiger partial charge in [0.15, 0.2) is 0 Å². The van der Waals surface area contributed by atoms with Crippen LogP contribution < -0.4 is 0 Å². The van der Waals surface area contributed by atoms with E-state index in [0.29, 0.717) is 10.6 Å². The Labute approximate surface area is 136 Å².